The molecule has 6 rings (SSSR count). The summed E-state index contributed by atoms with van der Waals surface area (Å²) in [6.45, 7) is 0.108. The van der Waals surface area contributed by atoms with Gasteiger partial charge in [0.1, 0.15) is 29.3 Å². The minimum atomic E-state index is -1.05. The number of aliphatic hydroxyl groups excluding tert-OH is 1. The molecule has 1 spiro atoms. The highest BCUT2D eigenvalue weighted by Gasteiger charge is 2.56. The van der Waals surface area contributed by atoms with Gasteiger partial charge in [-0.3, -0.25) is 9.59 Å². The zero-order valence-electron chi connectivity index (χ0n) is 23.0. The number of terminal acetylenes is 1. The van der Waals surface area contributed by atoms with E-state index in [1.165, 1.54) is 0 Å². The molecule has 0 aliphatic carbocycles. The third-order valence-corrected chi connectivity index (χ3v) is 7.78. The summed E-state index contributed by atoms with van der Waals surface area (Å²) in [6.07, 6.45) is 6.22. The topological polar surface area (TPSA) is 96.9 Å². The number of amides is 2. The number of aliphatic hydroxyl groups is 1. The normalized spacial score (nSPS) is 18.4. The number of nitrogens with one attached hydrogen (secondary N) is 2. The van der Waals surface area contributed by atoms with Crippen molar-refractivity contribution in [1.29, 1.82) is 0 Å². The quantitative estimate of drug-likeness (QED) is 0.211. The Kier molecular flexibility index (Phi) is 9.22. The van der Waals surface area contributed by atoms with Crippen LogP contribution in [-0.2, 0) is 15.0 Å². The fourth-order valence-corrected chi connectivity index (χ4v) is 5.64. The number of carbonyl (C=O) groups is 2. The van der Waals surface area contributed by atoms with Crippen molar-refractivity contribution in [2.75, 3.05) is 18.5 Å². The molecule has 3 N–H and O–H groups in total. The number of ether oxygens (including phenoxy) is 2. The van der Waals surface area contributed by atoms with Crippen LogP contribution in [0.25, 0.3) is 0 Å². The van der Waals surface area contributed by atoms with Gasteiger partial charge in [0, 0.05) is 33.3 Å². The molecule has 2 aliphatic heterocycles. The highest BCUT2D eigenvalue weighted by Crippen LogP contribution is 2.53. The maximum atomic E-state index is 13.5. The number of hydrogen-bond donors (Lipinski definition) is 3. The average molecular weight is 616 g/mol. The lowest BCUT2D eigenvalue weighted by Gasteiger charge is -2.40. The predicted molar refractivity (Wildman–Crippen MR) is 167 cm³/mol. The molecule has 0 bridgehead atoms. The van der Waals surface area contributed by atoms with Gasteiger partial charge in [0.25, 0.3) is 0 Å². The summed E-state index contributed by atoms with van der Waals surface area (Å²) < 4.78 is 11.6. The van der Waals surface area contributed by atoms with Gasteiger partial charge in [-0.2, -0.15) is 0 Å². The lowest BCUT2D eigenvalue weighted by atomic mass is 9.67. The standard InChI is InChI=1S/C28H23ClN2O5.C6H5Cl/c1-2-17-3-10-24(36-20-7-5-19(6-8-20)35-14-13-32)21(15-17)26-28(12-11-25(33)31-26)22-9-4-18(29)16-23(22)30-27(28)34;7-6-4-2-1-3-5-6/h1,3-10,15-16,26,32H,11-14H2,(H,30,34)(H,31,33);1-5H/t26-,28-;/m1./s1. The Hall–Kier alpha value is -4.48. The Labute approximate surface area is 259 Å². The van der Waals surface area contributed by atoms with Crippen LogP contribution in [0, 0.1) is 12.3 Å². The number of carbonyl (C=O) groups excluding carboxylic acids is 2. The molecule has 4 aromatic carbocycles. The van der Waals surface area contributed by atoms with E-state index in [1.807, 2.05) is 36.4 Å². The molecule has 2 amide bonds. The van der Waals surface area contributed by atoms with Crippen LogP contribution in [0.2, 0.25) is 10.0 Å². The molecule has 218 valence electrons. The van der Waals surface area contributed by atoms with Crippen molar-refractivity contribution in [3.8, 4) is 29.6 Å². The van der Waals surface area contributed by atoms with E-state index in [0.29, 0.717) is 45.5 Å². The fourth-order valence-electron chi connectivity index (χ4n) is 5.32. The van der Waals surface area contributed by atoms with Crippen LogP contribution >= 0.6 is 23.2 Å². The van der Waals surface area contributed by atoms with Gasteiger partial charge < -0.3 is 25.2 Å². The van der Waals surface area contributed by atoms with Crippen LogP contribution < -0.4 is 20.1 Å². The first-order chi connectivity index (χ1) is 20.8. The smallest absolute Gasteiger partial charge is 0.237 e. The maximum Gasteiger partial charge on any atom is 0.237 e. The van der Waals surface area contributed by atoms with Crippen LogP contribution in [0.5, 0.6) is 17.2 Å². The van der Waals surface area contributed by atoms with Crippen molar-refractivity contribution in [3.05, 3.63) is 118 Å². The Bertz CT molecular complexity index is 1670. The minimum Gasteiger partial charge on any atom is -0.491 e. The molecule has 0 aromatic heterocycles. The van der Waals surface area contributed by atoms with Gasteiger partial charge >= 0.3 is 0 Å². The first-order valence-electron chi connectivity index (χ1n) is 13.6. The van der Waals surface area contributed by atoms with Crippen molar-refractivity contribution in [1.82, 2.24) is 5.32 Å². The van der Waals surface area contributed by atoms with Gasteiger partial charge in [0.05, 0.1) is 12.6 Å². The van der Waals surface area contributed by atoms with Crippen molar-refractivity contribution in [2.45, 2.75) is 24.3 Å². The van der Waals surface area contributed by atoms with E-state index in [0.717, 1.165) is 10.6 Å². The van der Waals surface area contributed by atoms with Gasteiger partial charge in [0.2, 0.25) is 11.8 Å². The van der Waals surface area contributed by atoms with Crippen LogP contribution in [0.3, 0.4) is 0 Å². The first-order valence-corrected chi connectivity index (χ1v) is 14.3. The van der Waals surface area contributed by atoms with Crippen molar-refractivity contribution >= 4 is 40.7 Å². The number of benzene rings is 4. The molecular weight excluding hydrogens is 587 g/mol. The molecule has 0 saturated carbocycles. The van der Waals surface area contributed by atoms with E-state index in [-0.39, 0.29) is 31.4 Å². The Balaban J connectivity index is 0.000000463. The van der Waals surface area contributed by atoms with Crippen molar-refractivity contribution < 1.29 is 24.2 Å². The lowest BCUT2D eigenvalue weighted by Crippen LogP contribution is -2.52. The monoisotopic (exact) mass is 614 g/mol. The van der Waals surface area contributed by atoms with Gasteiger partial charge in [-0.1, -0.05) is 53.4 Å². The first kappa shape index (κ1) is 30.0. The minimum absolute atomic E-state index is 0.0824. The highest BCUT2D eigenvalue weighted by atomic mass is 35.5. The molecule has 2 heterocycles. The van der Waals surface area contributed by atoms with Crippen LogP contribution in [0.1, 0.15) is 35.6 Å². The molecule has 9 heteroatoms. The zero-order valence-corrected chi connectivity index (χ0v) is 24.5. The lowest BCUT2D eigenvalue weighted by molar-refractivity contribution is -0.130. The van der Waals surface area contributed by atoms with Crippen molar-refractivity contribution in [2.24, 2.45) is 0 Å². The maximum absolute atomic E-state index is 13.5. The predicted octanol–water partition coefficient (Wildman–Crippen LogP) is 6.67. The van der Waals surface area contributed by atoms with Gasteiger partial charge in [-0.15, -0.1) is 6.42 Å². The number of halogens is 2. The van der Waals surface area contributed by atoms with Crippen molar-refractivity contribution in [3.63, 3.8) is 0 Å². The summed E-state index contributed by atoms with van der Waals surface area (Å²) in [5.74, 6) is 3.83. The van der Waals surface area contributed by atoms with E-state index in [4.69, 9.17) is 44.2 Å². The second-order valence-electron chi connectivity index (χ2n) is 9.95. The molecule has 7 nitrogen and oxygen atoms in total. The zero-order chi connectivity index (χ0) is 30.4. The third-order valence-electron chi connectivity index (χ3n) is 7.29. The number of hydrogen-bond acceptors (Lipinski definition) is 5. The number of anilines is 1. The third kappa shape index (κ3) is 6.47. The molecule has 2 atom stereocenters. The van der Waals surface area contributed by atoms with E-state index < -0.39 is 11.5 Å². The summed E-state index contributed by atoms with van der Waals surface area (Å²) in [7, 11) is 0. The Morgan fingerprint density at radius 2 is 1.67 bits per heavy atom. The molecule has 1 fully saturated rings. The molecule has 4 aromatic rings. The van der Waals surface area contributed by atoms with E-state index >= 15 is 0 Å². The summed E-state index contributed by atoms with van der Waals surface area (Å²) in [5, 5.41) is 16.2. The Morgan fingerprint density at radius 1 is 0.930 bits per heavy atom. The van der Waals surface area contributed by atoms with Gasteiger partial charge in [-0.25, -0.2) is 0 Å². The van der Waals surface area contributed by atoms with E-state index in [1.54, 1.807) is 54.6 Å². The fraction of sp³-hybridized carbons (Fsp3) is 0.176. The van der Waals surface area contributed by atoms with Gasteiger partial charge in [-0.05, 0) is 78.7 Å². The van der Waals surface area contributed by atoms with Crippen LogP contribution in [0.4, 0.5) is 5.69 Å². The molecule has 43 heavy (non-hydrogen) atoms. The van der Waals surface area contributed by atoms with Gasteiger partial charge in [0.15, 0.2) is 0 Å². The van der Waals surface area contributed by atoms with Crippen LogP contribution in [0.15, 0.2) is 91.0 Å². The Morgan fingerprint density at radius 3 is 2.35 bits per heavy atom. The second-order valence-corrected chi connectivity index (χ2v) is 10.8. The van der Waals surface area contributed by atoms with E-state index in [9.17, 15) is 9.59 Å². The SMILES string of the molecule is C#Cc1ccc(Oc2ccc(OCCO)cc2)c([C@H]2NC(=O)CC[C@]23C(=O)Nc2cc(Cl)ccc23)c1.Clc1ccccc1. The molecule has 2 aliphatic rings. The van der Waals surface area contributed by atoms with Crippen LogP contribution in [-0.4, -0.2) is 30.1 Å². The molecule has 0 unspecified atom stereocenters. The van der Waals surface area contributed by atoms with E-state index in [2.05, 4.69) is 16.6 Å². The number of rotatable bonds is 6. The number of piperidine rings is 1. The summed E-state index contributed by atoms with van der Waals surface area (Å²) >= 11 is 11.7. The average Bonchev–Trinajstić information content (AvgIpc) is 3.29. The largest absolute Gasteiger partial charge is 0.491 e. The number of fused-ring (bicyclic) bond motifs is 2. The summed E-state index contributed by atoms with van der Waals surface area (Å²) in [5.41, 5.74) is 1.53. The summed E-state index contributed by atoms with van der Waals surface area (Å²) in [4.78, 5) is 26.2. The highest BCUT2D eigenvalue weighted by molar-refractivity contribution is 6.31. The molecule has 1 saturated heterocycles. The summed E-state index contributed by atoms with van der Waals surface area (Å²) in [6, 6.07) is 26.2. The second kappa shape index (κ2) is 13.2. The molecular formula is C34H28Cl2N2O5. The molecule has 0 radical (unpaired) electrons.